The maximum Gasteiger partial charge on any atom is 0.267 e. The first-order valence-electron chi connectivity index (χ1n) is 9.29. The van der Waals surface area contributed by atoms with Crippen LogP contribution in [0, 0.1) is 11.3 Å². The highest BCUT2D eigenvalue weighted by Crippen LogP contribution is 2.22. The minimum Gasteiger partial charge on any atom is -0.497 e. The maximum atomic E-state index is 12.4. The van der Waals surface area contributed by atoms with Crippen LogP contribution in [0.2, 0.25) is 0 Å². The molecule has 0 bridgehead atoms. The van der Waals surface area contributed by atoms with Crippen molar-refractivity contribution in [3.63, 3.8) is 0 Å². The van der Waals surface area contributed by atoms with Crippen molar-refractivity contribution in [2.24, 2.45) is 0 Å². The first kappa shape index (κ1) is 20.5. The third-order valence-electron chi connectivity index (χ3n) is 4.17. The summed E-state index contributed by atoms with van der Waals surface area (Å²) >= 11 is 0. The molecule has 0 unspecified atom stereocenters. The molecule has 0 aliphatic carbocycles. The van der Waals surface area contributed by atoms with Gasteiger partial charge in [0, 0.05) is 18.4 Å². The topological polar surface area (TPSA) is 83.4 Å². The molecular weight excluding hydrogens is 378 g/mol. The molecule has 0 heterocycles. The average molecular weight is 399 g/mol. The number of anilines is 1. The highest BCUT2D eigenvalue weighted by Gasteiger charge is 2.09. The van der Waals surface area contributed by atoms with Gasteiger partial charge in [0.25, 0.3) is 5.91 Å². The zero-order valence-electron chi connectivity index (χ0n) is 16.5. The fraction of sp³-hybridized carbons (Fsp3) is 0.0833. The highest BCUT2D eigenvalue weighted by molar-refractivity contribution is 6.06. The molecule has 0 aliphatic heterocycles. The van der Waals surface area contributed by atoms with Crippen LogP contribution in [0.25, 0.3) is 0 Å². The molecule has 0 atom stereocenters. The summed E-state index contributed by atoms with van der Waals surface area (Å²) in [6.45, 7) is 0.480. The van der Waals surface area contributed by atoms with E-state index in [0.717, 1.165) is 17.1 Å². The van der Waals surface area contributed by atoms with Gasteiger partial charge in [0.2, 0.25) is 0 Å². The van der Waals surface area contributed by atoms with Crippen molar-refractivity contribution < 1.29 is 14.3 Å². The second-order valence-corrected chi connectivity index (χ2v) is 6.29. The van der Waals surface area contributed by atoms with Crippen LogP contribution in [-0.4, -0.2) is 13.0 Å². The van der Waals surface area contributed by atoms with Crippen LogP contribution in [0.1, 0.15) is 5.56 Å². The number of nitrogens with zero attached hydrogens (tertiary/aromatic N) is 1. The van der Waals surface area contributed by atoms with E-state index in [1.54, 1.807) is 31.4 Å². The molecule has 0 radical (unpaired) electrons. The van der Waals surface area contributed by atoms with Crippen LogP contribution in [0.5, 0.6) is 17.2 Å². The van der Waals surface area contributed by atoms with Gasteiger partial charge in [-0.15, -0.1) is 0 Å². The first-order chi connectivity index (χ1) is 14.7. The zero-order valence-corrected chi connectivity index (χ0v) is 16.5. The fourth-order valence-electron chi connectivity index (χ4n) is 2.59. The zero-order chi connectivity index (χ0) is 21.2. The minimum absolute atomic E-state index is 0.0203. The summed E-state index contributed by atoms with van der Waals surface area (Å²) in [4.78, 5) is 12.4. The van der Waals surface area contributed by atoms with Gasteiger partial charge in [-0.3, -0.25) is 4.79 Å². The van der Waals surface area contributed by atoms with E-state index in [2.05, 4.69) is 10.6 Å². The third-order valence-corrected chi connectivity index (χ3v) is 4.17. The summed E-state index contributed by atoms with van der Waals surface area (Å²) in [5.41, 5.74) is 1.54. The Hall–Kier alpha value is -4.24. The van der Waals surface area contributed by atoms with E-state index in [1.807, 2.05) is 60.7 Å². The van der Waals surface area contributed by atoms with Crippen LogP contribution >= 0.6 is 0 Å². The largest absolute Gasteiger partial charge is 0.497 e. The molecule has 3 aromatic carbocycles. The lowest BCUT2D eigenvalue weighted by Gasteiger charge is -2.08. The number of amides is 1. The van der Waals surface area contributed by atoms with Gasteiger partial charge in [0.1, 0.15) is 28.9 Å². The standard InChI is InChI=1S/C24H21N3O3/c1-29-21-11-7-18(8-12-21)16-26-17-19(15-25)24(28)27-20-9-13-23(14-10-20)30-22-5-3-2-4-6-22/h2-14,17,26H,16H2,1H3,(H,27,28)/b19-17-. The van der Waals surface area contributed by atoms with Crippen LogP contribution in [0.15, 0.2) is 90.6 Å². The number of nitriles is 1. The molecule has 3 rings (SSSR count). The molecule has 1 amide bonds. The Morgan fingerprint density at radius 1 is 0.933 bits per heavy atom. The van der Waals surface area contributed by atoms with E-state index in [9.17, 15) is 10.1 Å². The molecular formula is C24H21N3O3. The number of methoxy groups -OCH3 is 1. The molecule has 3 aromatic rings. The summed E-state index contributed by atoms with van der Waals surface area (Å²) < 4.78 is 10.8. The predicted octanol–water partition coefficient (Wildman–Crippen LogP) is 4.62. The van der Waals surface area contributed by atoms with E-state index in [4.69, 9.17) is 9.47 Å². The molecule has 2 N–H and O–H groups in total. The second-order valence-electron chi connectivity index (χ2n) is 6.29. The van der Waals surface area contributed by atoms with E-state index in [0.29, 0.717) is 18.0 Å². The predicted molar refractivity (Wildman–Crippen MR) is 115 cm³/mol. The Labute approximate surface area is 175 Å². The number of para-hydroxylation sites is 1. The van der Waals surface area contributed by atoms with Crippen molar-refractivity contribution in [2.45, 2.75) is 6.54 Å². The molecule has 0 spiro atoms. The quantitative estimate of drug-likeness (QED) is 0.426. The average Bonchev–Trinajstić information content (AvgIpc) is 2.79. The summed E-state index contributed by atoms with van der Waals surface area (Å²) in [6, 6.07) is 25.8. The van der Waals surface area contributed by atoms with Gasteiger partial charge < -0.3 is 20.1 Å². The van der Waals surface area contributed by atoms with Crippen LogP contribution in [0.4, 0.5) is 5.69 Å². The third kappa shape index (κ3) is 5.88. The minimum atomic E-state index is -0.489. The lowest BCUT2D eigenvalue weighted by atomic mass is 10.2. The number of hydrogen-bond donors (Lipinski definition) is 2. The van der Waals surface area contributed by atoms with Crippen molar-refractivity contribution in [3.05, 3.63) is 96.2 Å². The first-order valence-corrected chi connectivity index (χ1v) is 9.29. The Morgan fingerprint density at radius 2 is 1.57 bits per heavy atom. The normalized spacial score (nSPS) is 10.6. The van der Waals surface area contributed by atoms with Gasteiger partial charge in [-0.05, 0) is 54.1 Å². The van der Waals surface area contributed by atoms with Crippen molar-refractivity contribution in [1.29, 1.82) is 5.26 Å². The van der Waals surface area contributed by atoms with Crippen LogP contribution in [-0.2, 0) is 11.3 Å². The van der Waals surface area contributed by atoms with E-state index < -0.39 is 5.91 Å². The summed E-state index contributed by atoms with van der Waals surface area (Å²) in [5, 5.41) is 15.0. The van der Waals surface area contributed by atoms with Crippen LogP contribution in [0.3, 0.4) is 0 Å². The number of nitrogens with one attached hydrogen (secondary N) is 2. The van der Waals surface area contributed by atoms with Crippen molar-refractivity contribution >= 4 is 11.6 Å². The number of carbonyl (C=O) groups excluding carboxylic acids is 1. The molecule has 6 nitrogen and oxygen atoms in total. The summed E-state index contributed by atoms with van der Waals surface area (Å²) in [7, 11) is 1.61. The van der Waals surface area contributed by atoms with Crippen LogP contribution < -0.4 is 20.1 Å². The molecule has 0 aliphatic rings. The number of carbonyl (C=O) groups is 1. The van der Waals surface area contributed by atoms with Gasteiger partial charge in [-0.1, -0.05) is 30.3 Å². The van der Waals surface area contributed by atoms with Crippen molar-refractivity contribution in [2.75, 3.05) is 12.4 Å². The van der Waals surface area contributed by atoms with Gasteiger partial charge in [0.15, 0.2) is 0 Å². The summed E-state index contributed by atoms with van der Waals surface area (Å²) in [5.74, 6) is 1.66. The number of rotatable bonds is 8. The molecule has 6 heteroatoms. The number of benzene rings is 3. The number of ether oxygens (including phenoxy) is 2. The molecule has 0 saturated heterocycles. The Balaban J connectivity index is 1.54. The van der Waals surface area contributed by atoms with E-state index in [1.165, 1.54) is 6.20 Å². The smallest absolute Gasteiger partial charge is 0.267 e. The van der Waals surface area contributed by atoms with Crippen molar-refractivity contribution in [1.82, 2.24) is 5.32 Å². The summed E-state index contributed by atoms with van der Waals surface area (Å²) in [6.07, 6.45) is 1.41. The second kappa shape index (κ2) is 10.3. The van der Waals surface area contributed by atoms with E-state index in [-0.39, 0.29) is 5.57 Å². The highest BCUT2D eigenvalue weighted by atomic mass is 16.5. The Bertz CT molecular complexity index is 1040. The lowest BCUT2D eigenvalue weighted by molar-refractivity contribution is -0.112. The van der Waals surface area contributed by atoms with Gasteiger partial charge in [0.05, 0.1) is 7.11 Å². The number of hydrogen-bond acceptors (Lipinski definition) is 5. The monoisotopic (exact) mass is 399 g/mol. The molecule has 30 heavy (non-hydrogen) atoms. The SMILES string of the molecule is COc1ccc(CN/C=C(/C#N)C(=O)Nc2ccc(Oc3ccccc3)cc2)cc1. The Kier molecular flexibility index (Phi) is 7.07. The molecule has 0 fully saturated rings. The van der Waals surface area contributed by atoms with Gasteiger partial charge >= 0.3 is 0 Å². The molecule has 0 saturated carbocycles. The fourth-order valence-corrected chi connectivity index (χ4v) is 2.59. The Morgan fingerprint density at radius 3 is 2.20 bits per heavy atom. The maximum absolute atomic E-state index is 12.4. The molecule has 150 valence electrons. The van der Waals surface area contributed by atoms with Gasteiger partial charge in [-0.25, -0.2) is 0 Å². The van der Waals surface area contributed by atoms with Crippen molar-refractivity contribution in [3.8, 4) is 23.3 Å². The lowest BCUT2D eigenvalue weighted by Crippen LogP contribution is -2.16. The van der Waals surface area contributed by atoms with E-state index >= 15 is 0 Å². The van der Waals surface area contributed by atoms with Gasteiger partial charge in [-0.2, -0.15) is 5.26 Å². The molecule has 0 aromatic heterocycles.